The van der Waals surface area contributed by atoms with Crippen LogP contribution in [0.5, 0.6) is 0 Å². The number of aromatic amines is 1. The molecule has 0 fully saturated rings. The molecule has 0 saturated carbocycles. The van der Waals surface area contributed by atoms with Crippen LogP contribution in [-0.2, 0) is 4.79 Å². The van der Waals surface area contributed by atoms with Gasteiger partial charge < -0.3 is 0 Å². The van der Waals surface area contributed by atoms with Crippen LogP contribution >= 0.6 is 0 Å². The lowest BCUT2D eigenvalue weighted by atomic mass is 9.70. The Balaban J connectivity index is 1.57. The molecule has 0 radical (unpaired) electrons. The number of nitrogens with one attached hydrogen (secondary N) is 2. The highest BCUT2D eigenvalue weighted by Gasteiger charge is 2.39. The second-order valence-corrected chi connectivity index (χ2v) is 9.06. The number of H-pyrrole nitrogens is 1. The van der Waals surface area contributed by atoms with Crippen molar-refractivity contribution in [3.05, 3.63) is 102 Å². The number of rotatable bonds is 6. The van der Waals surface area contributed by atoms with Gasteiger partial charge in [-0.25, -0.2) is 9.78 Å². The zero-order valence-electron chi connectivity index (χ0n) is 19.4. The van der Waals surface area contributed by atoms with Crippen molar-refractivity contribution in [2.24, 2.45) is 5.41 Å². The highest BCUT2D eigenvalue weighted by atomic mass is 16.2. The van der Waals surface area contributed by atoms with Crippen molar-refractivity contribution in [2.75, 3.05) is 5.32 Å². The van der Waals surface area contributed by atoms with Crippen LogP contribution in [0.1, 0.15) is 36.5 Å². The van der Waals surface area contributed by atoms with E-state index in [0.717, 1.165) is 27.7 Å². The summed E-state index contributed by atoms with van der Waals surface area (Å²) < 4.78 is 1.94. The monoisotopic (exact) mass is 450 g/mol. The zero-order valence-corrected chi connectivity index (χ0v) is 19.4. The first-order valence-electron chi connectivity index (χ1n) is 11.2. The van der Waals surface area contributed by atoms with Crippen LogP contribution in [0.25, 0.3) is 16.6 Å². The van der Waals surface area contributed by atoms with E-state index in [1.54, 1.807) is 0 Å². The maximum Gasteiger partial charge on any atom is 0.233 e. The topological polar surface area (TPSA) is 88.5 Å². The molecule has 2 N–H and O–H groups in total. The number of benzene rings is 3. The number of amides is 1. The van der Waals surface area contributed by atoms with Gasteiger partial charge in [0.2, 0.25) is 11.9 Å². The fraction of sp³-hybridized carbons (Fsp3) is 0.185. The lowest BCUT2D eigenvalue weighted by molar-refractivity contribution is -0.124. The third-order valence-electron chi connectivity index (χ3n) is 6.29. The molecule has 0 bridgehead atoms. The van der Waals surface area contributed by atoms with Gasteiger partial charge in [-0.05, 0) is 42.3 Å². The van der Waals surface area contributed by atoms with Crippen molar-refractivity contribution in [2.45, 2.75) is 26.7 Å². The summed E-state index contributed by atoms with van der Waals surface area (Å²) in [6.45, 7) is 5.98. The van der Waals surface area contributed by atoms with Gasteiger partial charge in [0.1, 0.15) is 6.33 Å². The Morgan fingerprint density at radius 3 is 2.47 bits per heavy atom. The van der Waals surface area contributed by atoms with Crippen LogP contribution < -0.4 is 5.32 Å². The van der Waals surface area contributed by atoms with E-state index in [4.69, 9.17) is 0 Å². The Morgan fingerprint density at radius 1 is 1.00 bits per heavy atom. The second-order valence-electron chi connectivity index (χ2n) is 9.06. The SMILES string of the molecule is Cc1ccc(-n2ncc3cc(C(c4ccccc4)C(C)(C)C(=O)Nc4ncn[nH]4)ccc32)cc1. The van der Waals surface area contributed by atoms with Crippen molar-refractivity contribution in [3.63, 3.8) is 0 Å². The molecule has 170 valence electrons. The Labute approximate surface area is 197 Å². The molecule has 5 rings (SSSR count). The number of fused-ring (bicyclic) bond motifs is 1. The smallest absolute Gasteiger partial charge is 0.233 e. The van der Waals surface area contributed by atoms with Gasteiger partial charge in [-0.1, -0.05) is 67.9 Å². The van der Waals surface area contributed by atoms with Gasteiger partial charge in [0.25, 0.3) is 0 Å². The summed E-state index contributed by atoms with van der Waals surface area (Å²) in [4.78, 5) is 17.4. The van der Waals surface area contributed by atoms with Gasteiger partial charge in [0.05, 0.1) is 22.8 Å². The van der Waals surface area contributed by atoms with E-state index < -0.39 is 5.41 Å². The molecule has 0 aliphatic carbocycles. The van der Waals surface area contributed by atoms with Gasteiger partial charge in [-0.3, -0.25) is 10.1 Å². The minimum Gasteiger partial charge on any atom is -0.294 e. The number of nitrogens with zero attached hydrogens (tertiary/aromatic N) is 4. The standard InChI is InChI=1S/C27H26N6O/c1-18-9-12-22(13-10-18)33-23-14-11-20(15-21(23)16-30-33)24(19-7-5-4-6-8-19)27(2,3)25(34)31-26-28-17-29-32-26/h4-17,24H,1-3H3,(H2,28,29,31,32,34). The summed E-state index contributed by atoms with van der Waals surface area (Å²) in [5, 5.41) is 15.0. The van der Waals surface area contributed by atoms with E-state index in [2.05, 4.69) is 87.1 Å². The molecular weight excluding hydrogens is 424 g/mol. The number of carbonyl (C=O) groups excluding carboxylic acids is 1. The van der Waals surface area contributed by atoms with E-state index in [1.165, 1.54) is 11.9 Å². The van der Waals surface area contributed by atoms with Crippen LogP contribution in [0.4, 0.5) is 5.95 Å². The molecule has 1 unspecified atom stereocenters. The average molecular weight is 451 g/mol. The normalized spacial score (nSPS) is 12.6. The van der Waals surface area contributed by atoms with E-state index in [9.17, 15) is 4.79 Å². The first kappa shape index (κ1) is 21.6. The molecule has 1 amide bonds. The molecule has 0 saturated heterocycles. The predicted octanol–water partition coefficient (Wildman–Crippen LogP) is 5.25. The molecule has 0 spiro atoms. The van der Waals surface area contributed by atoms with Gasteiger partial charge in [0.15, 0.2) is 0 Å². The largest absolute Gasteiger partial charge is 0.294 e. The minimum atomic E-state index is -0.783. The number of aryl methyl sites for hydroxylation is 1. The molecule has 34 heavy (non-hydrogen) atoms. The molecule has 3 aromatic carbocycles. The first-order chi connectivity index (χ1) is 16.4. The first-order valence-corrected chi connectivity index (χ1v) is 11.2. The number of carbonyl (C=O) groups is 1. The van der Waals surface area contributed by atoms with Gasteiger partial charge in [-0.2, -0.15) is 15.2 Å². The average Bonchev–Trinajstić information content (AvgIpc) is 3.50. The van der Waals surface area contributed by atoms with Crippen LogP contribution in [-0.4, -0.2) is 30.9 Å². The number of hydrogen-bond donors (Lipinski definition) is 2. The van der Waals surface area contributed by atoms with E-state index in [1.807, 2.05) is 42.9 Å². The summed E-state index contributed by atoms with van der Waals surface area (Å²) in [6.07, 6.45) is 3.25. The third-order valence-corrected chi connectivity index (χ3v) is 6.29. The number of aromatic nitrogens is 5. The van der Waals surface area contributed by atoms with E-state index in [0.29, 0.717) is 5.95 Å². The Bertz CT molecular complexity index is 1420. The molecular formula is C27H26N6O. The second kappa shape index (κ2) is 8.59. The molecule has 0 aliphatic rings. The highest BCUT2D eigenvalue weighted by molar-refractivity contribution is 5.94. The highest BCUT2D eigenvalue weighted by Crippen LogP contribution is 2.42. The summed E-state index contributed by atoms with van der Waals surface area (Å²) in [5.41, 5.74) is 4.56. The number of anilines is 1. The van der Waals surface area contributed by atoms with Crippen molar-refractivity contribution in [1.29, 1.82) is 0 Å². The van der Waals surface area contributed by atoms with Crippen molar-refractivity contribution in [3.8, 4) is 5.69 Å². The number of hydrogen-bond acceptors (Lipinski definition) is 4. The summed E-state index contributed by atoms with van der Waals surface area (Å²) >= 11 is 0. The molecule has 5 aromatic rings. The Hall–Kier alpha value is -4.26. The van der Waals surface area contributed by atoms with Gasteiger partial charge >= 0.3 is 0 Å². The van der Waals surface area contributed by atoms with Gasteiger partial charge in [0, 0.05) is 11.3 Å². The fourth-order valence-electron chi connectivity index (χ4n) is 4.46. The Morgan fingerprint density at radius 2 is 1.76 bits per heavy atom. The predicted molar refractivity (Wildman–Crippen MR) is 133 cm³/mol. The van der Waals surface area contributed by atoms with Crippen LogP contribution in [0, 0.1) is 12.3 Å². The van der Waals surface area contributed by atoms with Crippen molar-refractivity contribution in [1.82, 2.24) is 25.0 Å². The van der Waals surface area contributed by atoms with Crippen molar-refractivity contribution < 1.29 is 4.79 Å². The van der Waals surface area contributed by atoms with Crippen LogP contribution in [0.15, 0.2) is 85.3 Å². The quantitative estimate of drug-likeness (QED) is 0.370. The summed E-state index contributed by atoms with van der Waals surface area (Å²) in [5.74, 6) is -0.00277. The fourth-order valence-corrected chi connectivity index (χ4v) is 4.46. The van der Waals surface area contributed by atoms with Crippen LogP contribution in [0.3, 0.4) is 0 Å². The van der Waals surface area contributed by atoms with E-state index >= 15 is 0 Å². The molecule has 2 heterocycles. The molecule has 2 aromatic heterocycles. The van der Waals surface area contributed by atoms with E-state index in [-0.39, 0.29) is 11.8 Å². The minimum absolute atomic E-state index is 0.145. The molecule has 1 atom stereocenters. The van der Waals surface area contributed by atoms with Gasteiger partial charge in [-0.15, -0.1) is 0 Å². The summed E-state index contributed by atoms with van der Waals surface area (Å²) in [7, 11) is 0. The maximum absolute atomic E-state index is 13.4. The van der Waals surface area contributed by atoms with Crippen molar-refractivity contribution >= 4 is 22.8 Å². The zero-order chi connectivity index (χ0) is 23.7. The lowest BCUT2D eigenvalue weighted by Gasteiger charge is -2.33. The van der Waals surface area contributed by atoms with Crippen LogP contribution in [0.2, 0.25) is 0 Å². The third kappa shape index (κ3) is 3.96. The molecule has 7 heteroatoms. The lowest BCUT2D eigenvalue weighted by Crippen LogP contribution is -2.37. The molecule has 0 aliphatic heterocycles. The maximum atomic E-state index is 13.4. The Kier molecular flexibility index (Phi) is 5.45. The molecule has 7 nitrogen and oxygen atoms in total. The summed E-state index contributed by atoms with van der Waals surface area (Å²) in [6, 6.07) is 24.7.